The van der Waals surface area contributed by atoms with E-state index in [1.807, 2.05) is 38.1 Å². The summed E-state index contributed by atoms with van der Waals surface area (Å²) in [7, 11) is 0. The van der Waals surface area contributed by atoms with Gasteiger partial charge < -0.3 is 10.6 Å². The van der Waals surface area contributed by atoms with Gasteiger partial charge in [-0.25, -0.2) is 19.9 Å². The molecule has 9 nitrogen and oxygen atoms in total. The summed E-state index contributed by atoms with van der Waals surface area (Å²) < 4.78 is 0.988. The lowest BCUT2D eigenvalue weighted by Gasteiger charge is -2.08. The minimum absolute atomic E-state index is 0.0536. The topological polar surface area (TPSA) is 119 Å². The van der Waals surface area contributed by atoms with Gasteiger partial charge in [-0.2, -0.15) is 0 Å². The first kappa shape index (κ1) is 17.7. The summed E-state index contributed by atoms with van der Waals surface area (Å²) in [6.45, 7) is 3.80. The van der Waals surface area contributed by atoms with Crippen molar-refractivity contribution in [3.05, 3.63) is 64.1 Å². The number of pyridine rings is 1. The normalized spacial score (nSPS) is 10.8. The van der Waals surface area contributed by atoms with Crippen LogP contribution in [-0.2, 0) is 0 Å². The molecule has 0 fully saturated rings. The molecule has 3 heterocycles. The molecular formula is C18H15N7O2S. The van der Waals surface area contributed by atoms with Crippen LogP contribution in [0, 0.1) is 24.0 Å². The molecule has 0 aliphatic rings. The molecule has 28 heavy (non-hydrogen) atoms. The number of hydrogen-bond acceptors (Lipinski definition) is 9. The zero-order valence-corrected chi connectivity index (χ0v) is 15.8. The maximum atomic E-state index is 11.7. The van der Waals surface area contributed by atoms with E-state index in [4.69, 9.17) is 0 Å². The molecule has 1 aromatic carbocycles. The first-order valence-corrected chi connectivity index (χ1v) is 9.16. The lowest BCUT2D eigenvalue weighted by Crippen LogP contribution is -2.06. The summed E-state index contributed by atoms with van der Waals surface area (Å²) in [6.07, 6.45) is 1.26. The maximum Gasteiger partial charge on any atom is 0.354 e. The number of benzene rings is 1. The number of nitro groups is 1. The summed E-state index contributed by atoms with van der Waals surface area (Å²) in [5, 5.41) is 18.1. The lowest BCUT2D eigenvalue weighted by molar-refractivity contribution is -0.383. The number of para-hydroxylation sites is 1. The molecule has 0 saturated heterocycles. The molecule has 0 radical (unpaired) electrons. The average Bonchev–Trinajstić information content (AvgIpc) is 3.05. The first-order chi connectivity index (χ1) is 13.5. The number of aryl methyl sites for hydroxylation is 2. The quantitative estimate of drug-likeness (QED) is 0.376. The molecule has 4 aromatic rings. The number of hydrogen-bond donors (Lipinski definition) is 2. The van der Waals surface area contributed by atoms with E-state index in [2.05, 4.69) is 30.6 Å². The van der Waals surface area contributed by atoms with Crippen LogP contribution in [0.3, 0.4) is 0 Å². The van der Waals surface area contributed by atoms with Crippen molar-refractivity contribution in [1.82, 2.24) is 19.9 Å². The van der Waals surface area contributed by atoms with Crippen molar-refractivity contribution in [3.8, 4) is 0 Å². The van der Waals surface area contributed by atoms with Gasteiger partial charge in [0.2, 0.25) is 11.6 Å². The predicted molar refractivity (Wildman–Crippen MR) is 109 cm³/mol. The highest BCUT2D eigenvalue weighted by molar-refractivity contribution is 7.22. The van der Waals surface area contributed by atoms with E-state index in [9.17, 15) is 10.1 Å². The molecule has 2 N–H and O–H groups in total. The van der Waals surface area contributed by atoms with E-state index < -0.39 is 4.92 Å². The van der Waals surface area contributed by atoms with Gasteiger partial charge in [-0.15, -0.1) is 0 Å². The average molecular weight is 393 g/mol. The Bertz CT molecular complexity index is 1190. The minimum atomic E-state index is -0.529. The molecule has 0 aliphatic heterocycles. The van der Waals surface area contributed by atoms with Crippen LogP contribution in [0.25, 0.3) is 10.2 Å². The highest BCUT2D eigenvalue weighted by atomic mass is 32.1. The zero-order valence-electron chi connectivity index (χ0n) is 15.0. The highest BCUT2D eigenvalue weighted by Gasteiger charge is 2.24. The number of anilines is 4. The summed E-state index contributed by atoms with van der Waals surface area (Å²) in [5.74, 6) is 0.577. The second kappa shape index (κ2) is 7.16. The van der Waals surface area contributed by atoms with E-state index in [1.165, 1.54) is 17.7 Å². The third kappa shape index (κ3) is 3.45. The smallest absolute Gasteiger partial charge is 0.319 e. The molecule has 0 bridgehead atoms. The fourth-order valence-electron chi connectivity index (χ4n) is 2.71. The summed E-state index contributed by atoms with van der Waals surface area (Å²) in [5.41, 5.74) is 2.40. The third-order valence-electron chi connectivity index (χ3n) is 3.99. The minimum Gasteiger partial charge on any atom is -0.319 e. The van der Waals surface area contributed by atoms with Gasteiger partial charge in [-0.3, -0.25) is 10.1 Å². The second-order valence-corrected chi connectivity index (χ2v) is 7.06. The van der Waals surface area contributed by atoms with Crippen molar-refractivity contribution >= 4 is 49.8 Å². The molecule has 4 rings (SSSR count). The van der Waals surface area contributed by atoms with Crippen LogP contribution in [0.4, 0.5) is 28.3 Å². The molecular weight excluding hydrogens is 378 g/mol. The summed E-state index contributed by atoms with van der Waals surface area (Å²) in [4.78, 5) is 28.1. The van der Waals surface area contributed by atoms with Gasteiger partial charge >= 0.3 is 5.69 Å². The van der Waals surface area contributed by atoms with Crippen molar-refractivity contribution in [2.75, 3.05) is 10.6 Å². The van der Waals surface area contributed by atoms with Crippen LogP contribution in [0.5, 0.6) is 0 Å². The fourth-order valence-corrected chi connectivity index (χ4v) is 3.65. The predicted octanol–water partition coefficient (Wildman–Crippen LogP) is 4.49. The largest absolute Gasteiger partial charge is 0.354 e. The van der Waals surface area contributed by atoms with Gasteiger partial charge in [0.15, 0.2) is 5.13 Å². The van der Waals surface area contributed by atoms with Crippen molar-refractivity contribution in [1.29, 1.82) is 0 Å². The van der Waals surface area contributed by atoms with Crippen LogP contribution in [0.1, 0.15) is 11.3 Å². The van der Waals surface area contributed by atoms with Crippen LogP contribution >= 0.6 is 11.3 Å². The first-order valence-electron chi connectivity index (χ1n) is 8.34. The molecule has 0 saturated carbocycles. The Balaban J connectivity index is 1.72. The zero-order chi connectivity index (χ0) is 19.7. The van der Waals surface area contributed by atoms with Crippen molar-refractivity contribution < 1.29 is 4.92 Å². The number of nitrogens with one attached hydrogen (secondary N) is 2. The third-order valence-corrected chi connectivity index (χ3v) is 4.92. The second-order valence-electron chi connectivity index (χ2n) is 6.03. The summed E-state index contributed by atoms with van der Waals surface area (Å²) >= 11 is 1.40. The lowest BCUT2D eigenvalue weighted by atomic mass is 10.2. The van der Waals surface area contributed by atoms with Crippen molar-refractivity contribution in [2.45, 2.75) is 13.8 Å². The van der Waals surface area contributed by atoms with Gasteiger partial charge in [0.1, 0.15) is 12.1 Å². The summed E-state index contributed by atoms with van der Waals surface area (Å²) in [6, 6.07) is 11.2. The number of nitrogens with zero attached hydrogens (tertiary/aromatic N) is 5. The van der Waals surface area contributed by atoms with Crippen molar-refractivity contribution in [3.63, 3.8) is 0 Å². The molecule has 0 spiro atoms. The monoisotopic (exact) mass is 393 g/mol. The van der Waals surface area contributed by atoms with Crippen molar-refractivity contribution in [2.24, 2.45) is 0 Å². The Morgan fingerprint density at radius 2 is 1.75 bits per heavy atom. The van der Waals surface area contributed by atoms with Crippen LogP contribution in [0.15, 0.2) is 42.7 Å². The van der Waals surface area contributed by atoms with E-state index in [-0.39, 0.29) is 17.3 Å². The van der Waals surface area contributed by atoms with Gasteiger partial charge in [-0.05, 0) is 37.6 Å². The fraction of sp³-hybridized carbons (Fsp3) is 0.111. The van der Waals surface area contributed by atoms with Crippen LogP contribution < -0.4 is 10.6 Å². The number of aromatic nitrogens is 4. The van der Waals surface area contributed by atoms with Gasteiger partial charge in [-0.1, -0.05) is 29.5 Å². The van der Waals surface area contributed by atoms with E-state index >= 15 is 0 Å². The molecule has 0 unspecified atom stereocenters. The molecule has 140 valence electrons. The Morgan fingerprint density at radius 1 is 1.00 bits per heavy atom. The van der Waals surface area contributed by atoms with Gasteiger partial charge in [0, 0.05) is 5.69 Å². The number of rotatable bonds is 5. The Labute approximate surface area is 163 Å². The Morgan fingerprint density at radius 3 is 2.46 bits per heavy atom. The Kier molecular flexibility index (Phi) is 4.53. The molecule has 10 heteroatoms. The standard InChI is InChI=1S/C18H15N7O2S/c1-10-5-3-7-12-14(10)23-18(28-12)24-17-15(25(26)27)16(19-9-20-17)22-13-8-4-6-11(2)21-13/h3-9H,1-2H3,(H2,19,20,21,22,23,24). The highest BCUT2D eigenvalue weighted by Crippen LogP contribution is 2.35. The molecule has 3 aromatic heterocycles. The van der Waals surface area contributed by atoms with Gasteiger partial charge in [0.05, 0.1) is 15.1 Å². The Hall–Kier alpha value is -3.66. The maximum absolute atomic E-state index is 11.7. The molecule has 0 aliphatic carbocycles. The number of fused-ring (bicyclic) bond motifs is 1. The number of thiazole rings is 1. The van der Waals surface area contributed by atoms with Gasteiger partial charge in [0.25, 0.3) is 0 Å². The van der Waals surface area contributed by atoms with E-state index in [0.717, 1.165) is 21.5 Å². The van der Waals surface area contributed by atoms with E-state index in [1.54, 1.807) is 12.1 Å². The SMILES string of the molecule is Cc1cccc(Nc2ncnc(Nc3nc4c(C)cccc4s3)c2[N+](=O)[O-])n1. The molecule has 0 atom stereocenters. The van der Waals surface area contributed by atoms with Crippen LogP contribution in [-0.4, -0.2) is 24.9 Å². The molecule has 0 amide bonds. The van der Waals surface area contributed by atoms with E-state index in [0.29, 0.717) is 10.9 Å². The van der Waals surface area contributed by atoms with Crippen LogP contribution in [0.2, 0.25) is 0 Å².